The molecular weight excluding hydrogens is 410 g/mol. The monoisotopic (exact) mass is 427 g/mol. The van der Waals surface area contributed by atoms with Gasteiger partial charge in [-0.25, -0.2) is 9.78 Å². The number of anilines is 1. The van der Waals surface area contributed by atoms with Gasteiger partial charge in [0, 0.05) is 35.1 Å². The Morgan fingerprint density at radius 2 is 1.78 bits per heavy atom. The van der Waals surface area contributed by atoms with Crippen LogP contribution < -0.4 is 14.8 Å². The topological polar surface area (TPSA) is 99.6 Å². The van der Waals surface area contributed by atoms with Crippen LogP contribution in [0.15, 0.2) is 73.1 Å². The van der Waals surface area contributed by atoms with E-state index in [4.69, 9.17) is 14.2 Å². The van der Waals surface area contributed by atoms with Gasteiger partial charge >= 0.3 is 5.97 Å². The summed E-state index contributed by atoms with van der Waals surface area (Å²) in [5, 5.41) is 3.33. The predicted molar refractivity (Wildman–Crippen MR) is 116 cm³/mol. The van der Waals surface area contributed by atoms with Crippen LogP contribution in [0.25, 0.3) is 22.2 Å². The molecule has 0 unspecified atom stereocenters. The van der Waals surface area contributed by atoms with Crippen LogP contribution in [0.5, 0.6) is 11.5 Å². The molecule has 8 heteroatoms. The van der Waals surface area contributed by atoms with Crippen LogP contribution in [0.4, 0.5) is 5.69 Å². The molecule has 2 aromatic heterocycles. The van der Waals surface area contributed by atoms with Crippen molar-refractivity contribution in [2.75, 3.05) is 18.7 Å². The molecule has 0 aliphatic carbocycles. The zero-order chi connectivity index (χ0) is 21.9. The maximum atomic E-state index is 12.9. The van der Waals surface area contributed by atoms with E-state index >= 15 is 0 Å². The van der Waals surface area contributed by atoms with Crippen molar-refractivity contribution in [1.82, 2.24) is 9.97 Å². The van der Waals surface area contributed by atoms with Crippen LogP contribution in [-0.2, 0) is 9.53 Å². The first-order chi connectivity index (χ1) is 15.7. The molecule has 3 heterocycles. The van der Waals surface area contributed by atoms with Crippen molar-refractivity contribution in [1.29, 1.82) is 0 Å². The van der Waals surface area contributed by atoms with Crippen molar-refractivity contribution in [3.05, 3.63) is 78.6 Å². The van der Waals surface area contributed by atoms with Crippen molar-refractivity contribution in [3.63, 3.8) is 0 Å². The maximum absolute atomic E-state index is 12.9. The van der Waals surface area contributed by atoms with E-state index in [1.54, 1.807) is 42.7 Å². The first kappa shape index (κ1) is 19.5. The Balaban J connectivity index is 1.33. The number of esters is 1. The second kappa shape index (κ2) is 8.35. The quantitative estimate of drug-likeness (QED) is 0.483. The number of carbonyl (C=O) groups is 2. The minimum absolute atomic E-state index is 0.145. The van der Waals surface area contributed by atoms with Crippen LogP contribution in [0.1, 0.15) is 10.4 Å². The second-order valence-corrected chi connectivity index (χ2v) is 7.00. The first-order valence-corrected chi connectivity index (χ1v) is 9.84. The van der Waals surface area contributed by atoms with Gasteiger partial charge in [-0.05, 0) is 36.4 Å². The van der Waals surface area contributed by atoms with Crippen LogP contribution in [0.2, 0.25) is 0 Å². The second-order valence-electron chi connectivity index (χ2n) is 7.00. The number of pyridine rings is 2. The third kappa shape index (κ3) is 3.93. The number of ether oxygens (including phenoxy) is 3. The highest BCUT2D eigenvalue weighted by Crippen LogP contribution is 2.34. The molecule has 1 amide bonds. The molecule has 1 aliphatic rings. The number of benzene rings is 2. The normalized spacial score (nSPS) is 11.9. The number of fused-ring (bicyclic) bond motifs is 2. The van der Waals surface area contributed by atoms with Gasteiger partial charge in [0.15, 0.2) is 18.1 Å². The number of nitrogens with one attached hydrogen (secondary N) is 1. The van der Waals surface area contributed by atoms with E-state index in [-0.39, 0.29) is 6.79 Å². The molecule has 8 nitrogen and oxygen atoms in total. The average molecular weight is 427 g/mol. The fourth-order valence-electron chi connectivity index (χ4n) is 3.40. The lowest BCUT2D eigenvalue weighted by molar-refractivity contribution is -0.119. The molecule has 1 aliphatic heterocycles. The average Bonchev–Trinajstić information content (AvgIpc) is 3.30. The number of rotatable bonds is 5. The van der Waals surface area contributed by atoms with E-state index in [1.165, 1.54) is 0 Å². The highest BCUT2D eigenvalue weighted by atomic mass is 16.7. The summed E-state index contributed by atoms with van der Waals surface area (Å²) in [5.41, 5.74) is 2.93. The molecule has 1 N–H and O–H groups in total. The molecular formula is C24H17N3O5. The minimum Gasteiger partial charge on any atom is -0.454 e. The molecule has 0 spiro atoms. The fraction of sp³-hybridized carbons (Fsp3) is 0.0833. The number of nitrogens with zero attached hydrogens (tertiary/aromatic N) is 2. The van der Waals surface area contributed by atoms with Crippen LogP contribution in [-0.4, -0.2) is 35.2 Å². The number of hydrogen-bond donors (Lipinski definition) is 1. The molecule has 32 heavy (non-hydrogen) atoms. The van der Waals surface area contributed by atoms with Crippen molar-refractivity contribution in [3.8, 4) is 22.8 Å². The summed E-state index contributed by atoms with van der Waals surface area (Å²) in [4.78, 5) is 33.8. The molecule has 0 saturated carbocycles. The van der Waals surface area contributed by atoms with Gasteiger partial charge in [0.05, 0.1) is 16.8 Å². The summed E-state index contributed by atoms with van der Waals surface area (Å²) < 4.78 is 15.9. The molecule has 0 bridgehead atoms. The highest BCUT2D eigenvalue weighted by Gasteiger charge is 2.18. The highest BCUT2D eigenvalue weighted by molar-refractivity contribution is 6.05. The number of carbonyl (C=O) groups excluding carboxylic acids is 2. The molecule has 0 saturated heterocycles. The van der Waals surface area contributed by atoms with Crippen LogP contribution in [0, 0.1) is 0 Å². The largest absolute Gasteiger partial charge is 0.454 e. The van der Waals surface area contributed by atoms with E-state index in [0.717, 1.165) is 5.56 Å². The Morgan fingerprint density at radius 3 is 2.66 bits per heavy atom. The van der Waals surface area contributed by atoms with Crippen molar-refractivity contribution in [2.45, 2.75) is 0 Å². The van der Waals surface area contributed by atoms with Gasteiger partial charge in [-0.2, -0.15) is 0 Å². The van der Waals surface area contributed by atoms with E-state index < -0.39 is 18.5 Å². The van der Waals surface area contributed by atoms with E-state index in [9.17, 15) is 9.59 Å². The molecule has 0 atom stereocenters. The Kier molecular flexibility index (Phi) is 5.09. The van der Waals surface area contributed by atoms with E-state index in [2.05, 4.69) is 15.3 Å². The summed E-state index contributed by atoms with van der Waals surface area (Å²) in [7, 11) is 0. The molecule has 2 aromatic carbocycles. The van der Waals surface area contributed by atoms with Gasteiger partial charge in [0.25, 0.3) is 5.91 Å². The number of para-hydroxylation sites is 1. The van der Waals surface area contributed by atoms with Crippen molar-refractivity contribution >= 4 is 28.5 Å². The maximum Gasteiger partial charge on any atom is 0.339 e. The fourth-order valence-corrected chi connectivity index (χ4v) is 3.40. The summed E-state index contributed by atoms with van der Waals surface area (Å²) in [6, 6.07) is 17.6. The summed E-state index contributed by atoms with van der Waals surface area (Å²) in [6.07, 6.45) is 3.31. The third-order valence-corrected chi connectivity index (χ3v) is 4.90. The van der Waals surface area contributed by atoms with Gasteiger partial charge in [-0.15, -0.1) is 0 Å². The summed E-state index contributed by atoms with van der Waals surface area (Å²) >= 11 is 0. The van der Waals surface area contributed by atoms with Gasteiger partial charge in [0.1, 0.15) is 0 Å². The zero-order valence-corrected chi connectivity index (χ0v) is 16.8. The Bertz CT molecular complexity index is 1320. The Morgan fingerprint density at radius 1 is 0.969 bits per heavy atom. The zero-order valence-electron chi connectivity index (χ0n) is 16.8. The Hall–Kier alpha value is -4.46. The lowest BCUT2D eigenvalue weighted by atomic mass is 10.0. The standard InChI is InChI=1S/C24H17N3O5/c28-23(26-16-5-6-21-22(11-16)32-14-31-21)13-30-24(29)18-12-20(15-7-9-25-10-8-15)27-19-4-2-1-3-17(18)19/h1-12H,13-14H2,(H,26,28). The van der Waals surface area contributed by atoms with Gasteiger partial charge in [-0.1, -0.05) is 18.2 Å². The van der Waals surface area contributed by atoms with Gasteiger partial charge < -0.3 is 19.5 Å². The molecule has 5 rings (SSSR count). The Labute approximate surface area is 182 Å². The number of aromatic nitrogens is 2. The molecule has 158 valence electrons. The first-order valence-electron chi connectivity index (χ1n) is 9.84. The predicted octanol–water partition coefficient (Wildman–Crippen LogP) is 3.82. The number of hydrogen-bond acceptors (Lipinski definition) is 7. The van der Waals surface area contributed by atoms with Crippen LogP contribution in [0.3, 0.4) is 0 Å². The lowest BCUT2D eigenvalue weighted by Gasteiger charge is -2.10. The third-order valence-electron chi connectivity index (χ3n) is 4.90. The molecule has 4 aromatic rings. The SMILES string of the molecule is O=C(COC(=O)c1cc(-c2ccncc2)nc2ccccc12)Nc1ccc2c(c1)OCO2. The van der Waals surface area contributed by atoms with E-state index in [0.29, 0.717) is 39.3 Å². The molecule has 0 radical (unpaired) electrons. The smallest absolute Gasteiger partial charge is 0.339 e. The summed E-state index contributed by atoms with van der Waals surface area (Å²) in [5.74, 6) is 0.0837. The van der Waals surface area contributed by atoms with Crippen molar-refractivity contribution < 1.29 is 23.8 Å². The summed E-state index contributed by atoms with van der Waals surface area (Å²) in [6.45, 7) is -0.291. The molecule has 0 fully saturated rings. The van der Waals surface area contributed by atoms with E-state index in [1.807, 2.05) is 30.3 Å². The minimum atomic E-state index is -0.611. The number of amides is 1. The van der Waals surface area contributed by atoms with Crippen molar-refractivity contribution in [2.24, 2.45) is 0 Å². The van der Waals surface area contributed by atoms with Gasteiger partial charge in [0.2, 0.25) is 6.79 Å². The van der Waals surface area contributed by atoms with Crippen LogP contribution >= 0.6 is 0 Å². The lowest BCUT2D eigenvalue weighted by Crippen LogP contribution is -2.21. The van der Waals surface area contributed by atoms with Gasteiger partial charge in [-0.3, -0.25) is 9.78 Å².